The Bertz CT molecular complexity index is 3170. The van der Waals surface area contributed by atoms with Crippen LogP contribution in [0.3, 0.4) is 0 Å². The van der Waals surface area contributed by atoms with Crippen molar-refractivity contribution in [1.29, 1.82) is 0 Å². The van der Waals surface area contributed by atoms with Gasteiger partial charge in [-0.25, -0.2) is 4.99 Å². The first-order valence-corrected chi connectivity index (χ1v) is 18.6. The van der Waals surface area contributed by atoms with E-state index in [-0.39, 0.29) is 6.04 Å². The Balaban J connectivity index is 1.12. The van der Waals surface area contributed by atoms with E-state index in [0.29, 0.717) is 0 Å². The average Bonchev–Trinajstić information content (AvgIpc) is 3.57. The predicted molar refractivity (Wildman–Crippen MR) is 227 cm³/mol. The zero-order chi connectivity index (χ0) is 35.3. The minimum Gasteiger partial charge on any atom is -0.370 e. The number of anilines is 4. The third-order valence-corrected chi connectivity index (χ3v) is 11.5. The van der Waals surface area contributed by atoms with Gasteiger partial charge in [-0.2, -0.15) is 0 Å². The molecule has 10 aromatic rings. The fraction of sp³-hybridized carbons (Fsp3) is 0.0200. The zero-order valence-electron chi connectivity index (χ0n) is 29.2. The van der Waals surface area contributed by atoms with Gasteiger partial charge in [-0.05, 0) is 75.1 Å². The van der Waals surface area contributed by atoms with Gasteiger partial charge in [-0.15, -0.1) is 0 Å². The van der Waals surface area contributed by atoms with E-state index in [1.807, 2.05) is 0 Å². The Morgan fingerprint density at radius 2 is 1.07 bits per heavy atom. The highest BCUT2D eigenvalue weighted by molar-refractivity contribution is 6.21. The highest BCUT2D eigenvalue weighted by Gasteiger charge is 2.32. The summed E-state index contributed by atoms with van der Waals surface area (Å²) in [7, 11) is 0. The summed E-state index contributed by atoms with van der Waals surface area (Å²) in [5.74, 6) is 0.956. The molecule has 1 N–H and O–H groups in total. The van der Waals surface area contributed by atoms with Crippen LogP contribution >= 0.6 is 0 Å². The average molecular weight is 689 g/mol. The Kier molecular flexibility index (Phi) is 6.08. The van der Waals surface area contributed by atoms with Crippen molar-refractivity contribution in [2.45, 2.75) is 6.04 Å². The largest absolute Gasteiger partial charge is 0.370 e. The minimum absolute atomic E-state index is 0.222. The molecule has 1 aromatic heterocycles. The molecular formula is C50H32N4. The first-order valence-electron chi connectivity index (χ1n) is 18.6. The van der Waals surface area contributed by atoms with Crippen molar-refractivity contribution < 1.29 is 0 Å². The maximum Gasteiger partial charge on any atom is 0.141 e. The number of fused-ring (bicyclic) bond motifs is 9. The molecule has 0 saturated heterocycles. The lowest BCUT2D eigenvalue weighted by Crippen LogP contribution is -2.29. The second-order valence-corrected chi connectivity index (χ2v) is 14.4. The molecule has 12 rings (SSSR count). The van der Waals surface area contributed by atoms with Crippen LogP contribution in [-0.4, -0.2) is 10.4 Å². The van der Waals surface area contributed by atoms with E-state index in [0.717, 1.165) is 33.9 Å². The van der Waals surface area contributed by atoms with Gasteiger partial charge in [-0.1, -0.05) is 140 Å². The maximum absolute atomic E-state index is 5.48. The lowest BCUT2D eigenvalue weighted by atomic mass is 9.87. The van der Waals surface area contributed by atoms with Gasteiger partial charge in [0, 0.05) is 27.1 Å². The number of nitrogens with zero attached hydrogens (tertiary/aromatic N) is 3. The number of hydrogen-bond donors (Lipinski definition) is 1. The lowest BCUT2D eigenvalue weighted by molar-refractivity contribution is 0.971. The molecule has 0 bridgehead atoms. The van der Waals surface area contributed by atoms with E-state index in [2.05, 4.69) is 197 Å². The summed E-state index contributed by atoms with van der Waals surface area (Å²) in [5.41, 5.74) is 11.5. The number of aromatic nitrogens is 1. The predicted octanol–water partition coefficient (Wildman–Crippen LogP) is 13.4. The van der Waals surface area contributed by atoms with Crippen molar-refractivity contribution in [1.82, 2.24) is 4.57 Å². The highest BCUT2D eigenvalue weighted by atomic mass is 15.2. The van der Waals surface area contributed by atoms with Crippen molar-refractivity contribution in [2.75, 3.05) is 10.2 Å². The SMILES string of the molecule is c1ccc2c(c1)N=C(n1c3ccccc3c3ccccc31)C(c1ccc(N3c4ccc5ccccc5c4-c4cccc5cccc3c45)c3ccccc13)N2. The number of hydrogen-bond acceptors (Lipinski definition) is 3. The Labute approximate surface area is 311 Å². The molecule has 0 spiro atoms. The fourth-order valence-electron chi connectivity index (χ4n) is 9.25. The molecule has 252 valence electrons. The van der Waals surface area contributed by atoms with Crippen LogP contribution in [0.15, 0.2) is 187 Å². The number of para-hydroxylation sites is 4. The zero-order valence-corrected chi connectivity index (χ0v) is 29.2. The van der Waals surface area contributed by atoms with Crippen molar-refractivity contribution >= 4 is 88.4 Å². The van der Waals surface area contributed by atoms with Crippen LogP contribution < -0.4 is 10.2 Å². The maximum atomic E-state index is 5.48. The van der Waals surface area contributed by atoms with E-state index in [1.165, 1.54) is 71.2 Å². The van der Waals surface area contributed by atoms with E-state index in [9.17, 15) is 0 Å². The van der Waals surface area contributed by atoms with E-state index >= 15 is 0 Å². The number of rotatable bonds is 2. The van der Waals surface area contributed by atoms with Crippen LogP contribution in [0.2, 0.25) is 0 Å². The highest BCUT2D eigenvalue weighted by Crippen LogP contribution is 2.54. The molecule has 4 nitrogen and oxygen atoms in total. The fourth-order valence-corrected chi connectivity index (χ4v) is 9.25. The summed E-state index contributed by atoms with van der Waals surface area (Å²) in [6.07, 6.45) is 0. The molecule has 0 aliphatic carbocycles. The van der Waals surface area contributed by atoms with Gasteiger partial charge in [0.15, 0.2) is 0 Å². The summed E-state index contributed by atoms with van der Waals surface area (Å²) in [5, 5.41) is 13.8. The molecule has 0 amide bonds. The van der Waals surface area contributed by atoms with Gasteiger partial charge in [0.25, 0.3) is 0 Å². The second-order valence-electron chi connectivity index (χ2n) is 14.4. The van der Waals surface area contributed by atoms with Gasteiger partial charge in [-0.3, -0.25) is 4.57 Å². The molecule has 3 heterocycles. The molecule has 9 aromatic carbocycles. The third kappa shape index (κ3) is 4.05. The van der Waals surface area contributed by atoms with E-state index in [1.54, 1.807) is 0 Å². The van der Waals surface area contributed by atoms with Crippen LogP contribution in [0, 0.1) is 0 Å². The van der Waals surface area contributed by atoms with Crippen LogP contribution in [0.25, 0.3) is 65.3 Å². The van der Waals surface area contributed by atoms with Crippen molar-refractivity contribution in [3.05, 3.63) is 188 Å². The lowest BCUT2D eigenvalue weighted by Gasteiger charge is -2.35. The monoisotopic (exact) mass is 688 g/mol. The number of nitrogens with one attached hydrogen (secondary N) is 1. The Hall–Kier alpha value is -7.17. The topological polar surface area (TPSA) is 32.6 Å². The third-order valence-electron chi connectivity index (χ3n) is 11.5. The van der Waals surface area contributed by atoms with Crippen molar-refractivity contribution in [3.63, 3.8) is 0 Å². The molecule has 2 aliphatic rings. The number of benzene rings is 9. The van der Waals surface area contributed by atoms with E-state index < -0.39 is 0 Å². The van der Waals surface area contributed by atoms with Crippen LogP contribution in [0.1, 0.15) is 11.6 Å². The van der Waals surface area contributed by atoms with Gasteiger partial charge in [0.2, 0.25) is 0 Å². The first kappa shape index (κ1) is 29.4. The Morgan fingerprint density at radius 3 is 1.89 bits per heavy atom. The van der Waals surface area contributed by atoms with Gasteiger partial charge in [0.1, 0.15) is 11.9 Å². The minimum atomic E-state index is -0.222. The summed E-state index contributed by atoms with van der Waals surface area (Å²) < 4.78 is 2.37. The smallest absolute Gasteiger partial charge is 0.141 e. The van der Waals surface area contributed by atoms with E-state index in [4.69, 9.17) is 4.99 Å². The normalized spacial score (nSPS) is 14.7. The first-order chi connectivity index (χ1) is 26.8. The number of aliphatic imine (C=N–C) groups is 1. The quantitative estimate of drug-likeness (QED) is 0.196. The molecule has 1 atom stereocenters. The standard InChI is InChI=1S/C50H32N4/c1-2-16-33-31(13-1)27-29-46-48(33)39-21-11-14-32-15-12-26-45(47(32)39)53(46)44-30-28-38(34-17-3-4-18-35(34)44)49-50(52-41-23-8-7-22-40(41)51-49)54-42-24-9-5-19-36(42)37-20-6-10-25-43(37)54/h1-30,49,51H. The van der Waals surface area contributed by atoms with Gasteiger partial charge >= 0.3 is 0 Å². The molecule has 4 heteroatoms. The van der Waals surface area contributed by atoms with Crippen LogP contribution in [-0.2, 0) is 0 Å². The van der Waals surface area contributed by atoms with Crippen molar-refractivity contribution in [3.8, 4) is 11.1 Å². The molecule has 0 radical (unpaired) electrons. The summed E-state index contributed by atoms with van der Waals surface area (Å²) in [6, 6.07) is 65.8. The molecule has 54 heavy (non-hydrogen) atoms. The van der Waals surface area contributed by atoms with Crippen LogP contribution in [0.5, 0.6) is 0 Å². The molecule has 0 saturated carbocycles. The molecular weight excluding hydrogens is 657 g/mol. The summed E-state index contributed by atoms with van der Waals surface area (Å²) >= 11 is 0. The van der Waals surface area contributed by atoms with Crippen LogP contribution in [0.4, 0.5) is 28.4 Å². The van der Waals surface area contributed by atoms with Crippen molar-refractivity contribution in [2.24, 2.45) is 4.99 Å². The molecule has 2 aliphatic heterocycles. The molecule has 0 fully saturated rings. The van der Waals surface area contributed by atoms with Gasteiger partial charge < -0.3 is 10.2 Å². The second kappa shape index (κ2) is 11.2. The Morgan fingerprint density at radius 1 is 0.444 bits per heavy atom. The summed E-state index contributed by atoms with van der Waals surface area (Å²) in [4.78, 5) is 7.98. The molecule has 1 unspecified atom stereocenters. The summed E-state index contributed by atoms with van der Waals surface area (Å²) in [6.45, 7) is 0. The van der Waals surface area contributed by atoms with Gasteiger partial charge in [0.05, 0.1) is 39.5 Å².